The minimum absolute atomic E-state index is 0.0352. The average Bonchev–Trinajstić information content (AvgIpc) is 3.15. The second-order valence-corrected chi connectivity index (χ2v) is 10.4. The molecule has 35 heavy (non-hydrogen) atoms. The molecule has 3 N–H and O–H groups in total. The van der Waals surface area contributed by atoms with E-state index in [4.69, 9.17) is 4.74 Å². The number of alkyl carbamates (subject to hydrolysis) is 1. The van der Waals surface area contributed by atoms with Crippen molar-refractivity contribution in [2.75, 3.05) is 13.2 Å². The molecule has 0 bridgehead atoms. The predicted octanol–water partition coefficient (Wildman–Crippen LogP) is 4.85. The van der Waals surface area contributed by atoms with E-state index in [9.17, 15) is 19.5 Å². The number of fused-ring (bicyclic) bond motifs is 3. The number of benzene rings is 2. The number of carboxylic acid groups (broad SMARTS) is 1. The Balaban J connectivity index is 1.34. The number of rotatable bonds is 8. The molecule has 2 amide bonds. The van der Waals surface area contributed by atoms with Crippen LogP contribution in [-0.2, 0) is 14.3 Å². The van der Waals surface area contributed by atoms with Crippen LogP contribution < -0.4 is 10.6 Å². The van der Waals surface area contributed by atoms with Crippen molar-refractivity contribution in [1.82, 2.24) is 10.6 Å². The molecular formula is C28H34N2O5. The van der Waals surface area contributed by atoms with Gasteiger partial charge in [-0.3, -0.25) is 9.59 Å². The summed E-state index contributed by atoms with van der Waals surface area (Å²) in [7, 11) is 0. The lowest BCUT2D eigenvalue weighted by Gasteiger charge is -2.37. The van der Waals surface area contributed by atoms with Crippen LogP contribution >= 0.6 is 0 Å². The first-order valence-electron chi connectivity index (χ1n) is 12.3. The molecule has 7 heteroatoms. The van der Waals surface area contributed by atoms with E-state index >= 15 is 0 Å². The number of carboxylic acids is 1. The van der Waals surface area contributed by atoms with Crippen LogP contribution in [0.15, 0.2) is 48.5 Å². The molecule has 0 saturated heterocycles. The van der Waals surface area contributed by atoms with Gasteiger partial charge in [-0.1, -0.05) is 67.8 Å². The first kappa shape index (κ1) is 24.8. The molecule has 0 radical (unpaired) electrons. The van der Waals surface area contributed by atoms with Crippen LogP contribution in [0.25, 0.3) is 11.1 Å². The van der Waals surface area contributed by atoms with Crippen molar-refractivity contribution in [3.63, 3.8) is 0 Å². The maximum absolute atomic E-state index is 12.9. The summed E-state index contributed by atoms with van der Waals surface area (Å²) in [4.78, 5) is 37.0. The fraction of sp³-hybridized carbons (Fsp3) is 0.464. The van der Waals surface area contributed by atoms with E-state index in [1.54, 1.807) is 13.8 Å². The van der Waals surface area contributed by atoms with Crippen LogP contribution in [0.5, 0.6) is 0 Å². The van der Waals surface area contributed by atoms with Crippen LogP contribution in [0.4, 0.5) is 4.79 Å². The topological polar surface area (TPSA) is 105 Å². The van der Waals surface area contributed by atoms with E-state index in [-0.39, 0.29) is 31.4 Å². The first-order valence-corrected chi connectivity index (χ1v) is 12.3. The van der Waals surface area contributed by atoms with E-state index in [0.29, 0.717) is 0 Å². The summed E-state index contributed by atoms with van der Waals surface area (Å²) in [5.41, 5.74) is 2.90. The molecule has 186 valence electrons. The summed E-state index contributed by atoms with van der Waals surface area (Å²) >= 11 is 0. The lowest BCUT2D eigenvalue weighted by atomic mass is 9.71. The van der Waals surface area contributed by atoms with Crippen molar-refractivity contribution >= 4 is 18.0 Å². The molecule has 0 spiro atoms. The standard InChI is InChI=1S/C28H34N2O5/c1-27(2,25(33)29-18-28(16-24(31)32)14-8-3-9-15-28)30-26(34)35-17-23-21-12-6-4-10-19(21)20-11-5-7-13-22(20)23/h4-7,10-13,23H,3,8-9,14-18H2,1-2H3,(H,29,33)(H,30,34)(H,31,32). The number of hydrogen-bond donors (Lipinski definition) is 3. The molecule has 0 aliphatic heterocycles. The zero-order chi connectivity index (χ0) is 25.1. The third-order valence-electron chi connectivity index (χ3n) is 7.39. The fourth-order valence-corrected chi connectivity index (χ4v) is 5.47. The van der Waals surface area contributed by atoms with Crippen molar-refractivity contribution in [2.24, 2.45) is 5.41 Å². The second-order valence-electron chi connectivity index (χ2n) is 10.4. The van der Waals surface area contributed by atoms with Crippen LogP contribution in [-0.4, -0.2) is 41.8 Å². The van der Waals surface area contributed by atoms with E-state index in [2.05, 4.69) is 34.9 Å². The number of hydrogen-bond acceptors (Lipinski definition) is 4. The van der Waals surface area contributed by atoms with Gasteiger partial charge in [-0.05, 0) is 54.4 Å². The summed E-state index contributed by atoms with van der Waals surface area (Å²) in [5, 5.41) is 14.9. The van der Waals surface area contributed by atoms with Gasteiger partial charge in [0.2, 0.25) is 5.91 Å². The van der Waals surface area contributed by atoms with Crippen LogP contribution in [0, 0.1) is 5.41 Å². The smallest absolute Gasteiger partial charge is 0.408 e. The van der Waals surface area contributed by atoms with Gasteiger partial charge in [-0.2, -0.15) is 0 Å². The highest BCUT2D eigenvalue weighted by molar-refractivity contribution is 5.89. The van der Waals surface area contributed by atoms with Crippen molar-refractivity contribution < 1.29 is 24.2 Å². The summed E-state index contributed by atoms with van der Waals surface area (Å²) < 4.78 is 5.58. The van der Waals surface area contributed by atoms with E-state index in [0.717, 1.165) is 54.4 Å². The molecule has 0 unspecified atom stereocenters. The molecule has 4 rings (SSSR count). The maximum Gasteiger partial charge on any atom is 0.408 e. The Labute approximate surface area is 206 Å². The van der Waals surface area contributed by atoms with Gasteiger partial charge in [0.05, 0.1) is 6.42 Å². The lowest BCUT2D eigenvalue weighted by Crippen LogP contribution is -2.56. The summed E-state index contributed by atoms with van der Waals surface area (Å²) in [5.74, 6) is -1.27. The zero-order valence-electron chi connectivity index (χ0n) is 20.4. The number of ether oxygens (including phenoxy) is 1. The van der Waals surface area contributed by atoms with Gasteiger partial charge in [0.25, 0.3) is 0 Å². The Morgan fingerprint density at radius 1 is 0.971 bits per heavy atom. The summed E-state index contributed by atoms with van der Waals surface area (Å²) in [6, 6.07) is 16.2. The summed E-state index contributed by atoms with van der Waals surface area (Å²) in [6.07, 6.45) is 3.94. The fourth-order valence-electron chi connectivity index (χ4n) is 5.47. The van der Waals surface area contributed by atoms with Gasteiger partial charge in [-0.25, -0.2) is 4.79 Å². The molecule has 2 aromatic carbocycles. The van der Waals surface area contributed by atoms with E-state index < -0.39 is 23.0 Å². The zero-order valence-corrected chi connectivity index (χ0v) is 20.4. The Morgan fingerprint density at radius 2 is 1.54 bits per heavy atom. The molecule has 2 aliphatic rings. The molecule has 0 atom stereocenters. The van der Waals surface area contributed by atoms with Gasteiger partial charge < -0.3 is 20.5 Å². The highest BCUT2D eigenvalue weighted by atomic mass is 16.5. The number of carbonyl (C=O) groups excluding carboxylic acids is 2. The maximum atomic E-state index is 12.9. The quantitative estimate of drug-likeness (QED) is 0.503. The Hall–Kier alpha value is -3.35. The average molecular weight is 479 g/mol. The summed E-state index contributed by atoms with van der Waals surface area (Å²) in [6.45, 7) is 3.69. The number of aliphatic carboxylic acids is 1. The minimum Gasteiger partial charge on any atom is -0.481 e. The molecule has 2 aromatic rings. The molecule has 1 fully saturated rings. The highest BCUT2D eigenvalue weighted by Crippen LogP contribution is 2.44. The van der Waals surface area contributed by atoms with Gasteiger partial charge in [0.1, 0.15) is 12.1 Å². The third kappa shape index (κ3) is 5.50. The second kappa shape index (κ2) is 10.1. The lowest BCUT2D eigenvalue weighted by molar-refractivity contribution is -0.141. The SMILES string of the molecule is CC(C)(NC(=O)OCC1c2ccccc2-c2ccccc21)C(=O)NCC1(CC(=O)O)CCCCC1. The number of carbonyl (C=O) groups is 3. The van der Waals surface area contributed by atoms with Gasteiger partial charge >= 0.3 is 12.1 Å². The van der Waals surface area contributed by atoms with Gasteiger partial charge in [0, 0.05) is 12.5 Å². The van der Waals surface area contributed by atoms with Crippen LogP contribution in [0.3, 0.4) is 0 Å². The predicted molar refractivity (Wildman–Crippen MR) is 133 cm³/mol. The highest BCUT2D eigenvalue weighted by Gasteiger charge is 2.37. The van der Waals surface area contributed by atoms with E-state index in [1.807, 2.05) is 24.3 Å². The van der Waals surface area contributed by atoms with Crippen LogP contribution in [0.2, 0.25) is 0 Å². The molecule has 0 heterocycles. The minimum atomic E-state index is -1.21. The Bertz CT molecular complexity index is 1060. The Morgan fingerprint density at radius 3 is 2.11 bits per heavy atom. The van der Waals surface area contributed by atoms with E-state index in [1.165, 1.54) is 0 Å². The molecule has 1 saturated carbocycles. The van der Waals surface area contributed by atoms with Crippen molar-refractivity contribution in [1.29, 1.82) is 0 Å². The first-order chi connectivity index (χ1) is 16.7. The molecule has 7 nitrogen and oxygen atoms in total. The molecular weight excluding hydrogens is 444 g/mol. The van der Waals surface area contributed by atoms with Crippen LogP contribution in [0.1, 0.15) is 69.4 Å². The molecule has 2 aliphatic carbocycles. The number of nitrogens with one attached hydrogen (secondary N) is 2. The molecule has 0 aromatic heterocycles. The van der Waals surface area contributed by atoms with Crippen molar-refractivity contribution in [3.8, 4) is 11.1 Å². The van der Waals surface area contributed by atoms with Crippen molar-refractivity contribution in [2.45, 2.75) is 63.8 Å². The number of amides is 2. The third-order valence-corrected chi connectivity index (χ3v) is 7.39. The Kier molecular flexibility index (Phi) is 7.15. The van der Waals surface area contributed by atoms with Gasteiger partial charge in [-0.15, -0.1) is 0 Å². The largest absolute Gasteiger partial charge is 0.481 e. The van der Waals surface area contributed by atoms with Crippen molar-refractivity contribution in [3.05, 3.63) is 59.7 Å². The normalized spacial score (nSPS) is 16.6. The van der Waals surface area contributed by atoms with Gasteiger partial charge in [0.15, 0.2) is 0 Å². The monoisotopic (exact) mass is 478 g/mol.